The molecule has 2 aromatic carbocycles. The summed E-state index contributed by atoms with van der Waals surface area (Å²) in [4.78, 5) is 64.5. The van der Waals surface area contributed by atoms with E-state index in [-0.39, 0.29) is 48.3 Å². The molecule has 14 nitrogen and oxygen atoms in total. The third-order valence-electron chi connectivity index (χ3n) is 5.57. The minimum absolute atomic E-state index is 0.0166. The van der Waals surface area contributed by atoms with Crippen LogP contribution in [0.2, 0.25) is 0 Å². The number of carboxylic acids is 1. The molecule has 5 rings (SSSR count). The van der Waals surface area contributed by atoms with E-state index in [1.807, 2.05) is 0 Å². The molecule has 4 N–H and O–H groups in total. The Balaban J connectivity index is 1.32. The van der Waals surface area contributed by atoms with E-state index in [4.69, 9.17) is 9.84 Å². The average Bonchev–Trinajstić information content (AvgIpc) is 3.30. The van der Waals surface area contributed by atoms with Gasteiger partial charge in [-0.1, -0.05) is 18.2 Å². The van der Waals surface area contributed by atoms with Crippen molar-refractivity contribution in [3.63, 3.8) is 0 Å². The van der Waals surface area contributed by atoms with E-state index in [0.717, 1.165) is 10.5 Å². The number of carbonyl (C=O) groups is 4. The number of nitrogens with one attached hydrogen (secondary N) is 3. The number of anilines is 1. The number of benzene rings is 2. The molecule has 192 valence electrons. The summed E-state index contributed by atoms with van der Waals surface area (Å²) in [6.45, 7) is 0.00625. The van der Waals surface area contributed by atoms with E-state index in [1.165, 1.54) is 24.3 Å². The minimum atomic E-state index is -1.08. The first-order valence-electron chi connectivity index (χ1n) is 11.1. The van der Waals surface area contributed by atoms with Crippen LogP contribution in [0.1, 0.15) is 42.5 Å². The highest BCUT2D eigenvalue weighted by molar-refractivity contribution is 5.98. The molecule has 0 atom stereocenters. The first-order valence-corrected chi connectivity index (χ1v) is 11.1. The summed E-state index contributed by atoms with van der Waals surface area (Å²) in [5, 5.41) is 20.5. The SMILES string of the molecule is O=C1COc2ccc(CNC(=O)c3cc(C(=O)NCc4ccc(C(=O)O)cc4)n4c(=O)onc4n3)cc2N1. The Morgan fingerprint density at radius 2 is 1.68 bits per heavy atom. The van der Waals surface area contributed by atoms with Crippen LogP contribution >= 0.6 is 0 Å². The van der Waals surface area contributed by atoms with E-state index in [0.29, 0.717) is 22.6 Å². The molecule has 1 aliphatic rings. The second-order valence-electron chi connectivity index (χ2n) is 8.15. The topological polar surface area (TPSA) is 194 Å². The van der Waals surface area contributed by atoms with Gasteiger partial charge < -0.3 is 25.8 Å². The highest BCUT2D eigenvalue weighted by Crippen LogP contribution is 2.28. The second-order valence-corrected chi connectivity index (χ2v) is 8.15. The minimum Gasteiger partial charge on any atom is -0.482 e. The fourth-order valence-corrected chi connectivity index (χ4v) is 3.69. The van der Waals surface area contributed by atoms with Crippen LogP contribution in [-0.4, -0.2) is 49.9 Å². The van der Waals surface area contributed by atoms with Crippen LogP contribution in [0.5, 0.6) is 5.75 Å². The molecular weight excluding hydrogens is 500 g/mol. The van der Waals surface area contributed by atoms with Crippen molar-refractivity contribution in [1.29, 1.82) is 0 Å². The molecule has 0 spiro atoms. The monoisotopic (exact) mass is 518 g/mol. The Kier molecular flexibility index (Phi) is 6.27. The second kappa shape index (κ2) is 9.85. The number of carboxylic acid groups (broad SMARTS) is 1. The molecule has 3 amide bonds. The highest BCUT2D eigenvalue weighted by Gasteiger charge is 2.21. The van der Waals surface area contributed by atoms with E-state index in [2.05, 4.69) is 30.6 Å². The molecule has 2 aromatic heterocycles. The predicted molar refractivity (Wildman–Crippen MR) is 128 cm³/mol. The summed E-state index contributed by atoms with van der Waals surface area (Å²) < 4.78 is 10.7. The van der Waals surface area contributed by atoms with E-state index in [1.54, 1.807) is 18.2 Å². The van der Waals surface area contributed by atoms with Crippen molar-refractivity contribution in [3.05, 3.63) is 87.2 Å². The molecule has 0 unspecified atom stereocenters. The van der Waals surface area contributed by atoms with Crippen molar-refractivity contribution in [2.45, 2.75) is 13.1 Å². The van der Waals surface area contributed by atoms with Crippen LogP contribution in [0.4, 0.5) is 5.69 Å². The average molecular weight is 518 g/mol. The summed E-state index contributed by atoms with van der Waals surface area (Å²) >= 11 is 0. The van der Waals surface area contributed by atoms with Crippen LogP contribution in [-0.2, 0) is 17.9 Å². The third-order valence-corrected chi connectivity index (χ3v) is 5.57. The molecule has 14 heteroatoms. The van der Waals surface area contributed by atoms with E-state index < -0.39 is 23.5 Å². The number of ether oxygens (including phenoxy) is 1. The Hall–Kier alpha value is -5.53. The number of amides is 3. The van der Waals surface area contributed by atoms with Gasteiger partial charge in [-0.15, -0.1) is 0 Å². The van der Waals surface area contributed by atoms with Gasteiger partial charge in [0.25, 0.3) is 23.5 Å². The molecule has 0 saturated carbocycles. The van der Waals surface area contributed by atoms with Gasteiger partial charge in [-0.25, -0.2) is 19.0 Å². The summed E-state index contributed by atoms with van der Waals surface area (Å²) in [6, 6.07) is 12.0. The van der Waals surface area contributed by atoms with Gasteiger partial charge in [0.05, 0.1) is 11.3 Å². The van der Waals surface area contributed by atoms with Crippen molar-refractivity contribution in [1.82, 2.24) is 25.2 Å². The molecular formula is C24H18N6O8. The molecule has 0 fully saturated rings. The van der Waals surface area contributed by atoms with Crippen LogP contribution in [0, 0.1) is 0 Å². The van der Waals surface area contributed by atoms with Gasteiger partial charge in [0.1, 0.15) is 17.1 Å². The number of aromatic carboxylic acids is 1. The Bertz CT molecular complexity index is 1660. The number of hydrogen-bond donors (Lipinski definition) is 4. The third kappa shape index (κ3) is 4.90. The van der Waals surface area contributed by atoms with Crippen molar-refractivity contribution < 1.29 is 33.5 Å². The zero-order valence-electron chi connectivity index (χ0n) is 19.4. The lowest BCUT2D eigenvalue weighted by molar-refractivity contribution is -0.118. The quantitative estimate of drug-likeness (QED) is 0.269. The van der Waals surface area contributed by atoms with Crippen molar-refractivity contribution in [2.24, 2.45) is 0 Å². The van der Waals surface area contributed by atoms with Gasteiger partial charge in [-0.05, 0) is 46.6 Å². The van der Waals surface area contributed by atoms with Crippen molar-refractivity contribution in [3.8, 4) is 5.75 Å². The summed E-state index contributed by atoms with van der Waals surface area (Å²) in [5.74, 6) is -3.48. The molecule has 0 bridgehead atoms. The Morgan fingerprint density at radius 3 is 2.45 bits per heavy atom. The lowest BCUT2D eigenvalue weighted by Gasteiger charge is -2.18. The predicted octanol–water partition coefficient (Wildman–Crippen LogP) is 0.572. The lowest BCUT2D eigenvalue weighted by Crippen LogP contribution is -2.30. The highest BCUT2D eigenvalue weighted by atomic mass is 16.5. The smallest absolute Gasteiger partial charge is 0.448 e. The maximum Gasteiger partial charge on any atom is 0.448 e. The van der Waals surface area contributed by atoms with Gasteiger partial charge in [0.2, 0.25) is 0 Å². The zero-order valence-corrected chi connectivity index (χ0v) is 19.4. The fourth-order valence-electron chi connectivity index (χ4n) is 3.69. The molecule has 3 heterocycles. The standard InChI is InChI=1S/C24H18N6O8/c31-19-11-37-18-6-3-13(7-15(18)27-19)10-25-20(32)16-8-17(30-23(28-16)29-38-24(30)36)21(33)26-9-12-1-4-14(5-2-12)22(34)35/h1-8H,9-11H2,(H,25,32)(H,26,33)(H,27,31)(H,34,35). The van der Waals surface area contributed by atoms with Gasteiger partial charge in [-0.2, -0.15) is 0 Å². The maximum atomic E-state index is 12.9. The van der Waals surface area contributed by atoms with Crippen LogP contribution in [0.25, 0.3) is 5.78 Å². The number of fused-ring (bicyclic) bond motifs is 2. The largest absolute Gasteiger partial charge is 0.482 e. The summed E-state index contributed by atoms with van der Waals surface area (Å²) in [6.07, 6.45) is 0. The number of carbonyl (C=O) groups excluding carboxylic acids is 3. The fraction of sp³-hybridized carbons (Fsp3) is 0.125. The number of rotatable bonds is 7. The zero-order chi connectivity index (χ0) is 26.8. The van der Waals surface area contributed by atoms with Gasteiger partial charge >= 0.3 is 11.7 Å². The number of nitrogens with zero attached hydrogens (tertiary/aromatic N) is 3. The molecule has 0 saturated heterocycles. The van der Waals surface area contributed by atoms with E-state index >= 15 is 0 Å². The normalized spacial score (nSPS) is 12.3. The van der Waals surface area contributed by atoms with Crippen LogP contribution in [0.3, 0.4) is 0 Å². The molecule has 0 aliphatic carbocycles. The molecule has 4 aromatic rings. The van der Waals surface area contributed by atoms with Crippen molar-refractivity contribution in [2.75, 3.05) is 11.9 Å². The molecule has 1 aliphatic heterocycles. The first kappa shape index (κ1) is 24.2. The van der Waals surface area contributed by atoms with Gasteiger partial charge in [0.15, 0.2) is 6.61 Å². The summed E-state index contributed by atoms with van der Waals surface area (Å²) in [5.41, 5.74) is 1.41. The lowest BCUT2D eigenvalue weighted by atomic mass is 10.1. The Morgan fingerprint density at radius 1 is 0.974 bits per heavy atom. The van der Waals surface area contributed by atoms with E-state index in [9.17, 15) is 24.0 Å². The number of aromatic nitrogens is 3. The van der Waals surface area contributed by atoms with Gasteiger partial charge in [-0.3, -0.25) is 18.9 Å². The number of hydrogen-bond acceptors (Lipinski definition) is 9. The van der Waals surface area contributed by atoms with Crippen LogP contribution in [0.15, 0.2) is 57.8 Å². The molecule has 0 radical (unpaired) electrons. The van der Waals surface area contributed by atoms with Crippen molar-refractivity contribution >= 4 is 35.2 Å². The first-order chi connectivity index (χ1) is 18.3. The maximum absolute atomic E-state index is 12.9. The van der Waals surface area contributed by atoms with Crippen LogP contribution < -0.4 is 26.4 Å². The van der Waals surface area contributed by atoms with Gasteiger partial charge in [0, 0.05) is 13.1 Å². The Labute approximate surface area is 212 Å². The molecule has 38 heavy (non-hydrogen) atoms. The summed E-state index contributed by atoms with van der Waals surface area (Å²) in [7, 11) is 0.